The molecular weight excluding hydrogens is 538 g/mol. The summed E-state index contributed by atoms with van der Waals surface area (Å²) in [6.45, 7) is 3.61. The molecule has 0 bridgehead atoms. The molecule has 0 aliphatic carbocycles. The first kappa shape index (κ1) is 31.3. The number of hydrogen-bond donors (Lipinski definition) is 3. The van der Waals surface area contributed by atoms with Crippen LogP contribution >= 0.6 is 0 Å². The van der Waals surface area contributed by atoms with Gasteiger partial charge in [0.15, 0.2) is 5.69 Å². The van der Waals surface area contributed by atoms with Crippen LogP contribution in [0.1, 0.15) is 44.1 Å². The summed E-state index contributed by atoms with van der Waals surface area (Å²) in [7, 11) is 0. The standard InChI is InChI=1S/C26H35F4N5O5/c1-25(2,3)21(24(39)34-10-5-6-16(14-34)22(37)31-9-12-36)32-23(38)19-17-7-4-8-18(27)20(17)35(33-19)11-13-40-15-26(28,29)30/h4,7-8,16,21,36H,5-6,9-15H2,1-3H3,(H,31,37)(H,32,38). The number of aromatic nitrogens is 2. The summed E-state index contributed by atoms with van der Waals surface area (Å²) in [6, 6.07) is 2.96. The van der Waals surface area contributed by atoms with Crippen molar-refractivity contribution in [2.45, 2.75) is 52.4 Å². The number of aliphatic hydroxyl groups excluding tert-OH is 1. The van der Waals surface area contributed by atoms with E-state index in [0.29, 0.717) is 19.4 Å². The number of piperidine rings is 1. The van der Waals surface area contributed by atoms with Crippen molar-refractivity contribution < 1.29 is 41.8 Å². The number of alkyl halides is 3. The van der Waals surface area contributed by atoms with E-state index in [1.54, 1.807) is 20.8 Å². The number of ether oxygens (including phenoxy) is 1. The van der Waals surface area contributed by atoms with E-state index in [4.69, 9.17) is 5.11 Å². The molecule has 0 spiro atoms. The molecule has 1 aromatic heterocycles. The Morgan fingerprint density at radius 1 is 1.23 bits per heavy atom. The molecule has 3 amide bonds. The van der Waals surface area contributed by atoms with Crippen LogP contribution in [0.5, 0.6) is 0 Å². The van der Waals surface area contributed by atoms with Crippen molar-refractivity contribution >= 4 is 28.6 Å². The summed E-state index contributed by atoms with van der Waals surface area (Å²) < 4.78 is 57.6. The van der Waals surface area contributed by atoms with Gasteiger partial charge in [0, 0.05) is 25.0 Å². The molecule has 1 aliphatic rings. The Bertz CT molecular complexity index is 1210. The minimum absolute atomic E-state index is 0.0744. The second kappa shape index (κ2) is 12.9. The Balaban J connectivity index is 1.81. The molecule has 2 atom stereocenters. The zero-order valence-corrected chi connectivity index (χ0v) is 22.7. The number of aliphatic hydroxyl groups is 1. The highest BCUT2D eigenvalue weighted by atomic mass is 19.4. The molecule has 2 aromatic rings. The Morgan fingerprint density at radius 3 is 2.60 bits per heavy atom. The monoisotopic (exact) mass is 573 g/mol. The van der Waals surface area contributed by atoms with E-state index in [0.717, 1.165) is 10.7 Å². The molecule has 1 aromatic carbocycles. The van der Waals surface area contributed by atoms with Gasteiger partial charge in [-0.15, -0.1) is 0 Å². The first-order chi connectivity index (χ1) is 18.7. The predicted octanol–water partition coefficient (Wildman–Crippen LogP) is 2.25. The first-order valence-corrected chi connectivity index (χ1v) is 13.0. The average molecular weight is 574 g/mol. The fourth-order valence-corrected chi connectivity index (χ4v) is 4.61. The van der Waals surface area contributed by atoms with E-state index in [1.807, 2.05) is 0 Å². The number of halogens is 4. The molecule has 3 N–H and O–H groups in total. The van der Waals surface area contributed by atoms with Crippen LogP contribution in [-0.2, 0) is 20.9 Å². The maximum absolute atomic E-state index is 14.7. The zero-order valence-electron chi connectivity index (χ0n) is 22.7. The molecule has 14 heteroatoms. The number of amides is 3. The quantitative estimate of drug-likeness (QED) is 0.296. The lowest BCUT2D eigenvalue weighted by atomic mass is 9.84. The molecule has 1 saturated heterocycles. The molecule has 1 aliphatic heterocycles. The summed E-state index contributed by atoms with van der Waals surface area (Å²) in [5.74, 6) is -2.59. The Hall–Kier alpha value is -3.26. The van der Waals surface area contributed by atoms with Crippen LogP contribution in [0.4, 0.5) is 17.6 Å². The lowest BCUT2D eigenvalue weighted by Gasteiger charge is -2.38. The molecule has 2 heterocycles. The van der Waals surface area contributed by atoms with Crippen LogP contribution < -0.4 is 10.6 Å². The van der Waals surface area contributed by atoms with Gasteiger partial charge in [0.25, 0.3) is 5.91 Å². The Morgan fingerprint density at radius 2 is 1.95 bits per heavy atom. The van der Waals surface area contributed by atoms with Gasteiger partial charge in [-0.25, -0.2) is 4.39 Å². The van der Waals surface area contributed by atoms with Crippen molar-refractivity contribution in [3.63, 3.8) is 0 Å². The van der Waals surface area contributed by atoms with Crippen LogP contribution in [0.3, 0.4) is 0 Å². The fourth-order valence-electron chi connectivity index (χ4n) is 4.61. The van der Waals surface area contributed by atoms with Crippen molar-refractivity contribution in [3.05, 3.63) is 29.7 Å². The molecule has 1 fully saturated rings. The van der Waals surface area contributed by atoms with E-state index < -0.39 is 54.4 Å². The van der Waals surface area contributed by atoms with Crippen LogP contribution in [-0.4, -0.2) is 89.2 Å². The summed E-state index contributed by atoms with van der Waals surface area (Å²) in [4.78, 5) is 41.0. The van der Waals surface area contributed by atoms with E-state index in [9.17, 15) is 31.9 Å². The highest BCUT2D eigenvalue weighted by Crippen LogP contribution is 2.27. The maximum Gasteiger partial charge on any atom is 0.411 e. The summed E-state index contributed by atoms with van der Waals surface area (Å²) in [5.41, 5.74) is -1.02. The number of likely N-dealkylation sites (tertiary alicyclic amines) is 1. The lowest BCUT2D eigenvalue weighted by molar-refractivity contribution is -0.174. The van der Waals surface area contributed by atoms with Gasteiger partial charge < -0.3 is 25.4 Å². The highest BCUT2D eigenvalue weighted by molar-refractivity contribution is 6.06. The molecule has 0 saturated carbocycles. The van der Waals surface area contributed by atoms with E-state index in [1.165, 1.54) is 17.0 Å². The summed E-state index contributed by atoms with van der Waals surface area (Å²) >= 11 is 0. The molecule has 2 unspecified atom stereocenters. The predicted molar refractivity (Wildman–Crippen MR) is 137 cm³/mol. The van der Waals surface area contributed by atoms with Crippen molar-refractivity contribution in [1.82, 2.24) is 25.3 Å². The molecule has 40 heavy (non-hydrogen) atoms. The second-order valence-electron chi connectivity index (χ2n) is 10.8. The minimum atomic E-state index is -4.52. The number of para-hydroxylation sites is 1. The average Bonchev–Trinajstić information content (AvgIpc) is 3.26. The molecular formula is C26H35F4N5O5. The molecule has 0 radical (unpaired) electrons. The van der Waals surface area contributed by atoms with Crippen molar-refractivity contribution in [1.29, 1.82) is 0 Å². The van der Waals surface area contributed by atoms with Crippen molar-refractivity contribution in [3.8, 4) is 0 Å². The van der Waals surface area contributed by atoms with Crippen LogP contribution in [0.25, 0.3) is 10.9 Å². The topological polar surface area (TPSA) is 126 Å². The fraction of sp³-hybridized carbons (Fsp3) is 0.615. The van der Waals surface area contributed by atoms with E-state index >= 15 is 0 Å². The van der Waals surface area contributed by atoms with Gasteiger partial charge in [0.05, 0.1) is 25.7 Å². The van der Waals surface area contributed by atoms with Crippen LogP contribution in [0.2, 0.25) is 0 Å². The summed E-state index contributed by atoms with van der Waals surface area (Å²) in [6.07, 6.45) is -3.36. The third-order valence-electron chi connectivity index (χ3n) is 6.55. The largest absolute Gasteiger partial charge is 0.411 e. The zero-order chi connectivity index (χ0) is 29.7. The van der Waals surface area contributed by atoms with Gasteiger partial charge >= 0.3 is 6.18 Å². The van der Waals surface area contributed by atoms with Gasteiger partial charge in [-0.05, 0) is 24.3 Å². The summed E-state index contributed by atoms with van der Waals surface area (Å²) in [5, 5.41) is 18.6. The van der Waals surface area contributed by atoms with Gasteiger partial charge in [-0.3, -0.25) is 19.1 Å². The van der Waals surface area contributed by atoms with Gasteiger partial charge in [-0.1, -0.05) is 32.9 Å². The maximum atomic E-state index is 14.7. The van der Waals surface area contributed by atoms with Gasteiger partial charge in [0.1, 0.15) is 24.0 Å². The number of nitrogens with one attached hydrogen (secondary N) is 2. The number of fused-ring (bicyclic) bond motifs is 1. The SMILES string of the molecule is CC(C)(C)C(NC(=O)c1nn(CCOCC(F)(F)F)c2c(F)cccc12)C(=O)N1CCCC(C(=O)NCCO)C1. The smallest absolute Gasteiger partial charge is 0.395 e. The third-order valence-corrected chi connectivity index (χ3v) is 6.55. The van der Waals surface area contributed by atoms with E-state index in [2.05, 4.69) is 20.5 Å². The normalized spacial score (nSPS) is 17.1. The minimum Gasteiger partial charge on any atom is -0.395 e. The second-order valence-corrected chi connectivity index (χ2v) is 10.8. The number of hydrogen-bond acceptors (Lipinski definition) is 6. The lowest BCUT2D eigenvalue weighted by Crippen LogP contribution is -2.57. The molecule has 10 nitrogen and oxygen atoms in total. The molecule has 222 valence electrons. The number of benzene rings is 1. The Labute approximate surface area is 229 Å². The van der Waals surface area contributed by atoms with Crippen molar-refractivity contribution in [2.75, 3.05) is 39.5 Å². The van der Waals surface area contributed by atoms with Crippen LogP contribution in [0, 0.1) is 17.2 Å². The van der Waals surface area contributed by atoms with Gasteiger partial charge in [0.2, 0.25) is 11.8 Å². The third kappa shape index (κ3) is 7.90. The Kier molecular flexibility index (Phi) is 10.1. The number of rotatable bonds is 10. The number of carbonyl (C=O) groups is 3. The van der Waals surface area contributed by atoms with E-state index in [-0.39, 0.29) is 48.7 Å². The van der Waals surface area contributed by atoms with Crippen molar-refractivity contribution in [2.24, 2.45) is 11.3 Å². The number of nitrogens with zero attached hydrogens (tertiary/aromatic N) is 3. The number of carbonyl (C=O) groups excluding carboxylic acids is 3. The van der Waals surface area contributed by atoms with Gasteiger partial charge in [-0.2, -0.15) is 18.3 Å². The molecule has 3 rings (SSSR count). The first-order valence-electron chi connectivity index (χ1n) is 13.0. The van der Waals surface area contributed by atoms with Crippen LogP contribution in [0.15, 0.2) is 18.2 Å². The highest BCUT2D eigenvalue weighted by Gasteiger charge is 2.39.